The average molecular weight is 416 g/mol. The Balaban J connectivity index is 1.30. The minimum absolute atomic E-state index is 0.230. The van der Waals surface area contributed by atoms with Crippen LogP contribution in [0.15, 0.2) is 0 Å². The fourth-order valence-corrected chi connectivity index (χ4v) is 9.38. The third kappa shape index (κ3) is 3.46. The molecule has 30 heavy (non-hydrogen) atoms. The highest BCUT2D eigenvalue weighted by Gasteiger charge is 2.59. The normalized spacial score (nSPS) is 49.1. The van der Waals surface area contributed by atoms with Gasteiger partial charge in [-0.05, 0) is 113 Å². The zero-order chi connectivity index (χ0) is 21.1. The smallest absolute Gasteiger partial charge is 0.226 e. The van der Waals surface area contributed by atoms with E-state index in [1.165, 1.54) is 70.6 Å². The van der Waals surface area contributed by atoms with Gasteiger partial charge in [-0.3, -0.25) is 4.79 Å². The summed E-state index contributed by atoms with van der Waals surface area (Å²) < 4.78 is 0. The van der Waals surface area contributed by atoms with Crippen LogP contribution in [0.2, 0.25) is 0 Å². The molecule has 170 valence electrons. The van der Waals surface area contributed by atoms with Crippen molar-refractivity contribution in [3.63, 3.8) is 0 Å². The summed E-state index contributed by atoms with van der Waals surface area (Å²) in [6.07, 6.45) is 17.3. The van der Waals surface area contributed by atoms with Crippen LogP contribution in [-0.4, -0.2) is 34.6 Å². The molecular formula is C27H45NO2. The van der Waals surface area contributed by atoms with Crippen molar-refractivity contribution >= 4 is 5.91 Å². The Bertz CT molecular complexity index is 653. The maximum atomic E-state index is 13.7. The molecule has 0 spiro atoms. The summed E-state index contributed by atoms with van der Waals surface area (Å²) in [6, 6.07) is 0.496. The third-order valence-corrected chi connectivity index (χ3v) is 11.0. The number of rotatable bonds is 2. The van der Waals surface area contributed by atoms with Crippen molar-refractivity contribution in [2.24, 2.45) is 40.9 Å². The summed E-state index contributed by atoms with van der Waals surface area (Å²) in [7, 11) is 2.11. The maximum Gasteiger partial charge on any atom is 0.226 e. The van der Waals surface area contributed by atoms with Gasteiger partial charge in [0, 0.05) is 19.0 Å². The van der Waals surface area contributed by atoms with Crippen molar-refractivity contribution in [3.05, 3.63) is 0 Å². The molecular weight excluding hydrogens is 370 g/mol. The first kappa shape index (κ1) is 21.3. The molecule has 5 fully saturated rings. The number of hydrogen-bond donors (Lipinski definition) is 1. The number of hydrogen-bond acceptors (Lipinski definition) is 2. The van der Waals surface area contributed by atoms with Crippen molar-refractivity contribution in [2.75, 3.05) is 7.05 Å². The zero-order valence-electron chi connectivity index (χ0n) is 19.7. The van der Waals surface area contributed by atoms with E-state index in [2.05, 4.69) is 25.8 Å². The van der Waals surface area contributed by atoms with E-state index in [0.29, 0.717) is 11.9 Å². The monoisotopic (exact) mass is 415 g/mol. The molecule has 1 amide bonds. The van der Waals surface area contributed by atoms with E-state index in [1.807, 2.05) is 0 Å². The number of fused-ring (bicyclic) bond motifs is 5. The molecule has 0 saturated heterocycles. The van der Waals surface area contributed by atoms with E-state index >= 15 is 0 Å². The lowest BCUT2D eigenvalue weighted by molar-refractivity contribution is -0.145. The lowest BCUT2D eigenvalue weighted by atomic mass is 9.49. The van der Waals surface area contributed by atoms with Crippen LogP contribution < -0.4 is 0 Å². The molecule has 3 nitrogen and oxygen atoms in total. The highest BCUT2D eigenvalue weighted by atomic mass is 16.3. The predicted octanol–water partition coefficient (Wildman–Crippen LogP) is 5.80. The molecule has 0 aromatic carbocycles. The van der Waals surface area contributed by atoms with Crippen LogP contribution >= 0.6 is 0 Å². The molecule has 5 rings (SSSR count). The van der Waals surface area contributed by atoms with Crippen molar-refractivity contribution in [2.45, 2.75) is 115 Å². The summed E-state index contributed by atoms with van der Waals surface area (Å²) in [5, 5.41) is 10.6. The lowest BCUT2D eigenvalue weighted by Crippen LogP contribution is -2.52. The molecule has 0 radical (unpaired) electrons. The summed E-state index contributed by atoms with van der Waals surface area (Å²) in [4.78, 5) is 15.8. The van der Waals surface area contributed by atoms with Crippen LogP contribution in [0.25, 0.3) is 0 Å². The highest BCUT2D eigenvalue weighted by Crippen LogP contribution is 2.64. The van der Waals surface area contributed by atoms with E-state index < -0.39 is 5.60 Å². The number of carbonyl (C=O) groups is 1. The molecule has 8 atom stereocenters. The first-order chi connectivity index (χ1) is 14.3. The molecule has 5 aliphatic rings. The molecule has 3 heteroatoms. The SMILES string of the molecule is CN(C(=O)[C@H]1CC[C@H]2[C@@H]3CCC4C[C@](C)(O)CC[C@@H]4[C@H]3CC[C@]12C)C1CCCCC1. The van der Waals surface area contributed by atoms with Crippen molar-refractivity contribution < 1.29 is 9.90 Å². The number of carbonyl (C=O) groups excluding carboxylic acids is 1. The number of aliphatic hydroxyl groups is 1. The molecule has 5 saturated carbocycles. The Labute approximate surface area is 184 Å². The fourth-order valence-electron chi connectivity index (χ4n) is 9.38. The van der Waals surface area contributed by atoms with E-state index in [-0.39, 0.29) is 11.3 Å². The molecule has 5 aliphatic carbocycles. The van der Waals surface area contributed by atoms with Crippen LogP contribution in [0.1, 0.15) is 104 Å². The second-order valence-electron chi connectivity index (χ2n) is 12.6. The molecule has 0 aliphatic heterocycles. The number of amides is 1. The lowest BCUT2D eigenvalue weighted by Gasteiger charge is -2.57. The molecule has 0 aromatic heterocycles. The quantitative estimate of drug-likeness (QED) is 0.619. The van der Waals surface area contributed by atoms with Gasteiger partial charge in [-0.1, -0.05) is 26.2 Å². The Morgan fingerprint density at radius 3 is 2.33 bits per heavy atom. The van der Waals surface area contributed by atoms with Crippen LogP contribution in [0.4, 0.5) is 0 Å². The minimum Gasteiger partial charge on any atom is -0.390 e. The summed E-state index contributed by atoms with van der Waals surface area (Å²) in [6.45, 7) is 4.55. The van der Waals surface area contributed by atoms with Gasteiger partial charge >= 0.3 is 0 Å². The summed E-state index contributed by atoms with van der Waals surface area (Å²) >= 11 is 0. The fraction of sp³-hybridized carbons (Fsp3) is 0.963. The molecule has 1 unspecified atom stereocenters. The summed E-state index contributed by atoms with van der Waals surface area (Å²) in [5.41, 5.74) is -0.195. The molecule has 0 heterocycles. The average Bonchev–Trinajstić information content (AvgIpc) is 3.09. The second-order valence-corrected chi connectivity index (χ2v) is 12.6. The standard InChI is InChI=1S/C27H45NO2/c1-26(30)15-13-20-18(17-26)9-10-22-21(20)14-16-27(2)23(22)11-12-24(27)25(29)28(3)19-7-5-4-6-8-19/h18-24,30H,4-17H2,1-3H3/t18?,20-,21+,22+,23-,24+,26+,27-/m0/s1. The minimum atomic E-state index is -0.425. The van der Waals surface area contributed by atoms with Gasteiger partial charge in [-0.15, -0.1) is 0 Å². The van der Waals surface area contributed by atoms with E-state index in [0.717, 1.165) is 48.9 Å². The van der Waals surface area contributed by atoms with E-state index in [9.17, 15) is 9.90 Å². The van der Waals surface area contributed by atoms with Crippen LogP contribution in [0.3, 0.4) is 0 Å². The Morgan fingerprint density at radius 2 is 1.57 bits per heavy atom. The van der Waals surface area contributed by atoms with Gasteiger partial charge in [0.2, 0.25) is 5.91 Å². The predicted molar refractivity (Wildman–Crippen MR) is 121 cm³/mol. The van der Waals surface area contributed by atoms with Crippen molar-refractivity contribution in [1.82, 2.24) is 4.90 Å². The van der Waals surface area contributed by atoms with Gasteiger partial charge in [0.25, 0.3) is 0 Å². The van der Waals surface area contributed by atoms with Crippen LogP contribution in [0.5, 0.6) is 0 Å². The van der Waals surface area contributed by atoms with Crippen LogP contribution in [0, 0.1) is 40.9 Å². The van der Waals surface area contributed by atoms with Gasteiger partial charge in [0.1, 0.15) is 0 Å². The molecule has 0 bridgehead atoms. The Morgan fingerprint density at radius 1 is 0.833 bits per heavy atom. The summed E-state index contributed by atoms with van der Waals surface area (Å²) in [5.74, 6) is 4.79. The zero-order valence-corrected chi connectivity index (χ0v) is 19.7. The van der Waals surface area contributed by atoms with Crippen molar-refractivity contribution in [1.29, 1.82) is 0 Å². The van der Waals surface area contributed by atoms with E-state index in [1.54, 1.807) is 0 Å². The first-order valence-electron chi connectivity index (χ1n) is 13.3. The topological polar surface area (TPSA) is 40.5 Å². The number of nitrogens with zero attached hydrogens (tertiary/aromatic N) is 1. The van der Waals surface area contributed by atoms with E-state index in [4.69, 9.17) is 0 Å². The largest absolute Gasteiger partial charge is 0.390 e. The molecule has 0 aromatic rings. The maximum absolute atomic E-state index is 13.7. The van der Waals surface area contributed by atoms with Gasteiger partial charge in [0.15, 0.2) is 0 Å². The van der Waals surface area contributed by atoms with Gasteiger partial charge in [0.05, 0.1) is 5.60 Å². The van der Waals surface area contributed by atoms with Crippen LogP contribution in [-0.2, 0) is 4.79 Å². The Hall–Kier alpha value is -0.570. The Kier molecular flexibility index (Phi) is 5.52. The van der Waals surface area contributed by atoms with Gasteiger partial charge in [-0.2, -0.15) is 0 Å². The highest BCUT2D eigenvalue weighted by molar-refractivity contribution is 5.80. The molecule has 1 N–H and O–H groups in total. The third-order valence-electron chi connectivity index (χ3n) is 11.0. The van der Waals surface area contributed by atoms with Gasteiger partial charge in [-0.25, -0.2) is 0 Å². The van der Waals surface area contributed by atoms with Crippen molar-refractivity contribution in [3.8, 4) is 0 Å². The van der Waals surface area contributed by atoms with Gasteiger partial charge < -0.3 is 10.0 Å². The first-order valence-corrected chi connectivity index (χ1v) is 13.3. The second kappa shape index (κ2) is 7.78.